The van der Waals surface area contributed by atoms with Gasteiger partial charge < -0.3 is 20.3 Å². The van der Waals surface area contributed by atoms with E-state index in [9.17, 15) is 19.3 Å². The lowest BCUT2D eigenvalue weighted by molar-refractivity contribution is -0.433. The highest BCUT2D eigenvalue weighted by molar-refractivity contribution is 6.29. The molecular weight excluding hydrogens is 477 g/mol. The molecule has 9 nitrogen and oxygen atoms in total. The van der Waals surface area contributed by atoms with Crippen LogP contribution in [0.3, 0.4) is 0 Å². The second-order valence-electron chi connectivity index (χ2n) is 7.95. The number of aromatic nitrogens is 1. The lowest BCUT2D eigenvalue weighted by atomic mass is 9.85. The van der Waals surface area contributed by atoms with E-state index in [-0.39, 0.29) is 36.1 Å². The van der Waals surface area contributed by atoms with Gasteiger partial charge in [-0.3, -0.25) is 10.1 Å². The van der Waals surface area contributed by atoms with Crippen LogP contribution in [-0.2, 0) is 16.1 Å². The maximum absolute atomic E-state index is 13.7. The molecule has 1 unspecified atom stereocenters. The molecule has 0 saturated heterocycles. The van der Waals surface area contributed by atoms with Crippen molar-refractivity contribution in [2.24, 2.45) is 5.73 Å². The van der Waals surface area contributed by atoms with E-state index in [1.807, 2.05) is 13.8 Å². The predicted octanol–water partition coefficient (Wildman–Crippen LogP) is 3.99. The van der Waals surface area contributed by atoms with E-state index in [0.29, 0.717) is 23.7 Å². The fourth-order valence-electron chi connectivity index (χ4n) is 3.97. The molecule has 11 heteroatoms. The molecule has 2 heterocycles. The van der Waals surface area contributed by atoms with Gasteiger partial charge in [0.05, 0.1) is 17.1 Å². The Morgan fingerprint density at radius 1 is 1.29 bits per heavy atom. The van der Waals surface area contributed by atoms with Crippen molar-refractivity contribution in [2.75, 3.05) is 20.2 Å². The first kappa shape index (κ1) is 26.0. The number of halogens is 2. The second-order valence-corrected chi connectivity index (χ2v) is 8.33. The van der Waals surface area contributed by atoms with Crippen LogP contribution in [-0.4, -0.2) is 45.9 Å². The van der Waals surface area contributed by atoms with Gasteiger partial charge >= 0.3 is 5.97 Å². The summed E-state index contributed by atoms with van der Waals surface area (Å²) in [5.74, 6) is -2.20. The number of nitrogens with zero attached hydrogens (tertiary/aromatic N) is 4. The van der Waals surface area contributed by atoms with Crippen LogP contribution in [0.1, 0.15) is 37.3 Å². The fraction of sp³-hybridized carbons (Fsp3) is 0.333. The van der Waals surface area contributed by atoms with Gasteiger partial charge in [-0.05, 0) is 42.7 Å². The summed E-state index contributed by atoms with van der Waals surface area (Å²) in [5.41, 5.74) is 7.22. The van der Waals surface area contributed by atoms with Crippen molar-refractivity contribution < 1.29 is 18.8 Å². The molecule has 1 aromatic carbocycles. The van der Waals surface area contributed by atoms with E-state index in [1.165, 1.54) is 29.2 Å². The first-order chi connectivity index (χ1) is 16.7. The maximum atomic E-state index is 13.7. The molecule has 0 spiro atoms. The van der Waals surface area contributed by atoms with Gasteiger partial charge in [0, 0.05) is 26.3 Å². The van der Waals surface area contributed by atoms with E-state index >= 15 is 0 Å². The Balaban J connectivity index is 2.21. The molecule has 2 N–H and O–H groups in total. The van der Waals surface area contributed by atoms with E-state index in [0.717, 1.165) is 5.56 Å². The molecule has 0 radical (unpaired) electrons. The molecule has 35 heavy (non-hydrogen) atoms. The number of carbonyl (C=O) groups excluding carboxylic acids is 1. The van der Waals surface area contributed by atoms with E-state index in [2.05, 4.69) is 4.98 Å². The van der Waals surface area contributed by atoms with Crippen molar-refractivity contribution in [3.8, 4) is 0 Å². The van der Waals surface area contributed by atoms with Gasteiger partial charge in [0.1, 0.15) is 22.7 Å². The Labute approximate surface area is 207 Å². The van der Waals surface area contributed by atoms with Crippen LogP contribution in [0.2, 0.25) is 5.15 Å². The summed E-state index contributed by atoms with van der Waals surface area (Å²) in [6.45, 7) is 4.47. The lowest BCUT2D eigenvalue weighted by Gasteiger charge is -2.38. The van der Waals surface area contributed by atoms with Gasteiger partial charge in [-0.15, -0.1) is 0 Å². The second kappa shape index (κ2) is 11.2. The Hall–Kier alpha value is -3.66. The smallest absolute Gasteiger partial charge is 0.338 e. The number of hydrogen-bond donors (Lipinski definition) is 1. The van der Waals surface area contributed by atoms with E-state index in [4.69, 9.17) is 22.1 Å². The first-order valence-corrected chi connectivity index (χ1v) is 11.5. The predicted molar refractivity (Wildman–Crippen MR) is 129 cm³/mol. The van der Waals surface area contributed by atoms with Gasteiger partial charge in [-0.25, -0.2) is 14.2 Å². The number of nitrogens with two attached hydrogens (primary N) is 1. The normalized spacial score (nSPS) is 15.9. The van der Waals surface area contributed by atoms with Crippen molar-refractivity contribution in [3.05, 3.63) is 97.7 Å². The molecule has 1 aliphatic rings. The zero-order valence-electron chi connectivity index (χ0n) is 19.7. The van der Waals surface area contributed by atoms with Crippen molar-refractivity contribution in [2.45, 2.75) is 32.7 Å². The quantitative estimate of drug-likeness (QED) is 0.236. The largest absolute Gasteiger partial charge is 0.462 e. The lowest BCUT2D eigenvalue weighted by Crippen LogP contribution is -2.43. The van der Waals surface area contributed by atoms with Crippen LogP contribution in [0.15, 0.2) is 65.5 Å². The highest BCUT2D eigenvalue weighted by Gasteiger charge is 2.46. The Morgan fingerprint density at radius 3 is 2.51 bits per heavy atom. The molecule has 0 saturated carbocycles. The molecule has 1 aliphatic heterocycles. The molecule has 1 aromatic heterocycles. The average Bonchev–Trinajstić information content (AvgIpc) is 2.84. The molecule has 2 aromatic rings. The van der Waals surface area contributed by atoms with Crippen molar-refractivity contribution in [1.82, 2.24) is 14.8 Å². The number of allylic oxidation sites excluding steroid dienone is 1. The number of pyridine rings is 1. The van der Waals surface area contributed by atoms with E-state index < -0.39 is 22.6 Å². The third-order valence-electron chi connectivity index (χ3n) is 5.65. The summed E-state index contributed by atoms with van der Waals surface area (Å²) in [6.07, 6.45) is 2.16. The molecule has 0 fully saturated rings. The first-order valence-electron chi connectivity index (χ1n) is 11.1. The molecule has 3 rings (SSSR count). The Kier molecular flexibility index (Phi) is 8.29. The van der Waals surface area contributed by atoms with Crippen LogP contribution >= 0.6 is 11.6 Å². The number of carbonyl (C=O) groups is 1. The van der Waals surface area contributed by atoms with Gasteiger partial charge in [0.2, 0.25) is 0 Å². The number of esters is 1. The SMILES string of the molecule is CCCOC(=O)C1=C(N)N(C)C(N(CC)Cc2ccc(Cl)nc2)=C([N+](=O)[O-])C1c1ccc(F)cc1. The van der Waals surface area contributed by atoms with Crippen LogP contribution in [0.4, 0.5) is 4.39 Å². The van der Waals surface area contributed by atoms with Gasteiger partial charge in [-0.1, -0.05) is 36.7 Å². The van der Waals surface area contributed by atoms with Crippen LogP contribution in [0.5, 0.6) is 0 Å². The van der Waals surface area contributed by atoms with Gasteiger partial charge in [0.15, 0.2) is 5.82 Å². The van der Waals surface area contributed by atoms with Crippen LogP contribution < -0.4 is 5.73 Å². The number of ether oxygens (including phenoxy) is 1. The minimum Gasteiger partial charge on any atom is -0.462 e. The minimum atomic E-state index is -1.17. The maximum Gasteiger partial charge on any atom is 0.338 e. The van der Waals surface area contributed by atoms with Crippen molar-refractivity contribution >= 4 is 17.6 Å². The van der Waals surface area contributed by atoms with Crippen LogP contribution in [0.25, 0.3) is 0 Å². The zero-order chi connectivity index (χ0) is 25.7. The molecule has 0 amide bonds. The van der Waals surface area contributed by atoms with E-state index in [1.54, 1.807) is 30.3 Å². The molecule has 0 bridgehead atoms. The number of hydrogen-bond acceptors (Lipinski definition) is 8. The summed E-state index contributed by atoms with van der Waals surface area (Å²) in [6, 6.07) is 8.60. The highest BCUT2D eigenvalue weighted by atomic mass is 35.5. The average molecular weight is 504 g/mol. The minimum absolute atomic E-state index is 0.0220. The highest BCUT2D eigenvalue weighted by Crippen LogP contribution is 2.42. The summed E-state index contributed by atoms with van der Waals surface area (Å²) < 4.78 is 19.0. The third-order valence-corrected chi connectivity index (χ3v) is 5.87. The summed E-state index contributed by atoms with van der Waals surface area (Å²) in [5, 5.41) is 12.9. The van der Waals surface area contributed by atoms with Crippen molar-refractivity contribution in [3.63, 3.8) is 0 Å². The Morgan fingerprint density at radius 2 is 1.97 bits per heavy atom. The molecule has 186 valence electrons. The molecular formula is C24H27ClFN5O4. The van der Waals surface area contributed by atoms with Crippen molar-refractivity contribution in [1.29, 1.82) is 0 Å². The number of rotatable bonds is 9. The monoisotopic (exact) mass is 503 g/mol. The topological polar surface area (TPSA) is 115 Å². The standard InChI is InChI=1S/C24H27ClFN5O4/c1-4-12-35-24(32)20-19(16-7-9-17(26)10-8-16)21(31(33)34)23(29(3)22(20)27)30(5-2)14-15-6-11-18(25)28-13-15/h6-11,13,19H,4-5,12,14,27H2,1-3H3. The summed E-state index contributed by atoms with van der Waals surface area (Å²) in [7, 11) is 1.56. The fourth-order valence-corrected chi connectivity index (χ4v) is 4.08. The van der Waals surface area contributed by atoms with Crippen LogP contribution in [0, 0.1) is 15.9 Å². The number of nitro groups is 1. The summed E-state index contributed by atoms with van der Waals surface area (Å²) in [4.78, 5) is 32.3. The molecule has 1 atom stereocenters. The number of benzene rings is 1. The molecule has 0 aliphatic carbocycles. The third kappa shape index (κ3) is 5.54. The van der Waals surface area contributed by atoms with Gasteiger partial charge in [-0.2, -0.15) is 0 Å². The summed E-state index contributed by atoms with van der Waals surface area (Å²) >= 11 is 5.89. The Bertz CT molecular complexity index is 1150. The van der Waals surface area contributed by atoms with Gasteiger partial charge in [0.25, 0.3) is 5.70 Å². The zero-order valence-corrected chi connectivity index (χ0v) is 20.5.